The Hall–Kier alpha value is -1.22. The normalized spacial score (nSPS) is 53.7. The van der Waals surface area contributed by atoms with E-state index >= 15 is 0 Å². The summed E-state index contributed by atoms with van der Waals surface area (Å²) in [6.07, 6.45) is 10.6. The van der Waals surface area contributed by atoms with E-state index in [-0.39, 0.29) is 22.2 Å². The fourth-order valence-electron chi connectivity index (χ4n) is 6.58. The molecule has 23 heavy (non-hydrogen) atoms. The number of allylic oxidation sites excluding steroid dienone is 3. The Balaban J connectivity index is 1.61. The van der Waals surface area contributed by atoms with Crippen LogP contribution in [0.15, 0.2) is 23.8 Å². The third-order valence-electron chi connectivity index (χ3n) is 7.93. The third-order valence-corrected chi connectivity index (χ3v) is 7.93. The van der Waals surface area contributed by atoms with Gasteiger partial charge in [-0.3, -0.25) is 9.59 Å². The molecular formula is C20H24O3. The van der Waals surface area contributed by atoms with Gasteiger partial charge in [0.15, 0.2) is 5.78 Å². The van der Waals surface area contributed by atoms with Gasteiger partial charge in [0.2, 0.25) is 0 Å². The molecule has 5 aliphatic rings. The minimum atomic E-state index is -0.208. The summed E-state index contributed by atoms with van der Waals surface area (Å²) >= 11 is 0. The first-order valence-electron chi connectivity index (χ1n) is 9.02. The summed E-state index contributed by atoms with van der Waals surface area (Å²) in [6, 6.07) is 0. The molecule has 4 aliphatic carbocycles. The van der Waals surface area contributed by atoms with Crippen LogP contribution in [0.3, 0.4) is 0 Å². The van der Waals surface area contributed by atoms with Crippen LogP contribution < -0.4 is 0 Å². The first kappa shape index (κ1) is 14.2. The molecule has 0 radical (unpaired) electrons. The van der Waals surface area contributed by atoms with Gasteiger partial charge in [0.05, 0.1) is 6.61 Å². The first-order valence-corrected chi connectivity index (χ1v) is 9.02. The molecule has 3 heteroatoms. The van der Waals surface area contributed by atoms with E-state index in [2.05, 4.69) is 19.9 Å². The SMILES string of the molecule is C[C@]12C=CC(=O)C=C1[C@]1(CO1)C[C@@H]1[C@@H]2CC[C@@]2(C)C(=O)CC[C@@H]12. The maximum atomic E-state index is 12.5. The summed E-state index contributed by atoms with van der Waals surface area (Å²) < 4.78 is 5.94. The highest BCUT2D eigenvalue weighted by molar-refractivity contribution is 6.01. The number of ketones is 2. The van der Waals surface area contributed by atoms with Crippen molar-refractivity contribution in [1.82, 2.24) is 0 Å². The van der Waals surface area contributed by atoms with Crippen molar-refractivity contribution >= 4 is 11.6 Å². The molecule has 0 aromatic rings. The zero-order valence-electron chi connectivity index (χ0n) is 13.9. The van der Waals surface area contributed by atoms with E-state index in [1.165, 1.54) is 5.57 Å². The van der Waals surface area contributed by atoms with Crippen LogP contribution in [0.5, 0.6) is 0 Å². The average molecular weight is 312 g/mol. The molecule has 0 N–H and O–H groups in total. The maximum absolute atomic E-state index is 12.5. The van der Waals surface area contributed by atoms with Crippen LogP contribution in [0.25, 0.3) is 0 Å². The molecule has 0 amide bonds. The monoisotopic (exact) mass is 312 g/mol. The van der Waals surface area contributed by atoms with Gasteiger partial charge in [-0.25, -0.2) is 0 Å². The fraction of sp³-hybridized carbons (Fsp3) is 0.700. The quantitative estimate of drug-likeness (QED) is 0.645. The van der Waals surface area contributed by atoms with E-state index in [1.54, 1.807) is 6.08 Å². The zero-order valence-corrected chi connectivity index (χ0v) is 13.9. The standard InChI is InChI=1S/C20H24O3/c1-18-7-5-12(21)9-16(18)20(11-23-20)10-13-14-3-4-17(22)19(14,2)8-6-15(13)18/h5,7,9,13-15H,3-4,6,8,10-11H2,1-2H3/t13-,14-,15-,18+,19+,20+/m0/s1. The predicted octanol–water partition coefficient (Wildman–Crippen LogP) is 3.24. The van der Waals surface area contributed by atoms with Gasteiger partial charge in [-0.05, 0) is 61.2 Å². The van der Waals surface area contributed by atoms with Gasteiger partial charge < -0.3 is 4.74 Å². The molecule has 0 aromatic carbocycles. The van der Waals surface area contributed by atoms with Gasteiger partial charge in [0.25, 0.3) is 0 Å². The molecule has 6 atom stereocenters. The van der Waals surface area contributed by atoms with Crippen molar-refractivity contribution in [3.8, 4) is 0 Å². The number of carbonyl (C=O) groups is 2. The summed E-state index contributed by atoms with van der Waals surface area (Å²) in [5.74, 6) is 2.16. The van der Waals surface area contributed by atoms with Gasteiger partial charge in [-0.2, -0.15) is 0 Å². The number of ether oxygens (including phenoxy) is 1. The van der Waals surface area contributed by atoms with Gasteiger partial charge in [-0.1, -0.05) is 19.9 Å². The Bertz CT molecular complexity index is 683. The largest absolute Gasteiger partial charge is 0.365 e. The van der Waals surface area contributed by atoms with Crippen LogP contribution in [0.2, 0.25) is 0 Å². The van der Waals surface area contributed by atoms with E-state index < -0.39 is 0 Å². The number of rotatable bonds is 0. The van der Waals surface area contributed by atoms with Crippen LogP contribution in [-0.4, -0.2) is 23.8 Å². The number of epoxide rings is 1. The highest BCUT2D eigenvalue weighted by Gasteiger charge is 2.67. The average Bonchev–Trinajstić information content (AvgIpc) is 3.21. The van der Waals surface area contributed by atoms with Crippen LogP contribution in [-0.2, 0) is 14.3 Å². The third kappa shape index (κ3) is 1.60. The highest BCUT2D eigenvalue weighted by atomic mass is 16.6. The maximum Gasteiger partial charge on any atom is 0.178 e. The molecule has 1 heterocycles. The second-order valence-electron chi connectivity index (χ2n) is 8.86. The number of hydrogen-bond acceptors (Lipinski definition) is 3. The molecule has 122 valence electrons. The minimum Gasteiger partial charge on any atom is -0.365 e. The van der Waals surface area contributed by atoms with Crippen molar-refractivity contribution in [2.45, 2.75) is 51.6 Å². The van der Waals surface area contributed by atoms with E-state index in [9.17, 15) is 9.59 Å². The Morgan fingerprint density at radius 2 is 1.96 bits per heavy atom. The molecule has 3 saturated carbocycles. The van der Waals surface area contributed by atoms with Gasteiger partial charge in [0, 0.05) is 17.3 Å². The number of carbonyl (C=O) groups excluding carboxylic acids is 2. The molecule has 5 rings (SSSR count). The second-order valence-corrected chi connectivity index (χ2v) is 8.86. The number of fused-ring (bicyclic) bond motifs is 6. The van der Waals surface area contributed by atoms with Crippen molar-refractivity contribution in [1.29, 1.82) is 0 Å². The van der Waals surface area contributed by atoms with Gasteiger partial charge >= 0.3 is 0 Å². The molecule has 0 bridgehead atoms. The topological polar surface area (TPSA) is 46.7 Å². The van der Waals surface area contributed by atoms with Crippen LogP contribution in [0, 0.1) is 28.6 Å². The lowest BCUT2D eigenvalue weighted by molar-refractivity contribution is -0.132. The first-order chi connectivity index (χ1) is 10.9. The summed E-state index contributed by atoms with van der Waals surface area (Å²) in [7, 11) is 0. The van der Waals surface area contributed by atoms with E-state index in [0.29, 0.717) is 23.5 Å². The number of hydrogen-bond donors (Lipinski definition) is 0. The van der Waals surface area contributed by atoms with E-state index in [4.69, 9.17) is 4.74 Å². The molecule has 1 spiro atoms. The molecular weight excluding hydrogens is 288 g/mol. The van der Waals surface area contributed by atoms with E-state index in [1.807, 2.05) is 6.08 Å². The van der Waals surface area contributed by atoms with Crippen molar-refractivity contribution < 1.29 is 14.3 Å². The summed E-state index contributed by atoms with van der Waals surface area (Å²) in [5.41, 5.74) is 0.829. The van der Waals surface area contributed by atoms with Gasteiger partial charge in [-0.15, -0.1) is 0 Å². The van der Waals surface area contributed by atoms with Crippen molar-refractivity contribution in [3.63, 3.8) is 0 Å². The zero-order chi connectivity index (χ0) is 16.0. The van der Waals surface area contributed by atoms with Crippen molar-refractivity contribution in [2.75, 3.05) is 6.61 Å². The number of Topliss-reactive ketones (excluding diaryl/α,β-unsaturated/α-hetero) is 1. The predicted molar refractivity (Wildman–Crippen MR) is 85.7 cm³/mol. The van der Waals surface area contributed by atoms with Gasteiger partial charge in [0.1, 0.15) is 11.4 Å². The molecule has 1 aliphatic heterocycles. The van der Waals surface area contributed by atoms with E-state index in [0.717, 1.165) is 38.7 Å². The lowest BCUT2D eigenvalue weighted by atomic mass is 9.46. The molecule has 4 fully saturated rings. The Labute approximate surface area is 137 Å². The minimum absolute atomic E-state index is 0.0692. The molecule has 3 nitrogen and oxygen atoms in total. The summed E-state index contributed by atoms with van der Waals surface area (Å²) in [6.45, 7) is 5.25. The Morgan fingerprint density at radius 1 is 1.17 bits per heavy atom. The Morgan fingerprint density at radius 3 is 2.70 bits per heavy atom. The molecule has 1 saturated heterocycles. The Kier molecular flexibility index (Phi) is 2.49. The molecule has 0 aromatic heterocycles. The lowest BCUT2D eigenvalue weighted by Crippen LogP contribution is -2.54. The van der Waals surface area contributed by atoms with Crippen molar-refractivity contribution in [3.05, 3.63) is 23.8 Å². The lowest BCUT2D eigenvalue weighted by Gasteiger charge is -2.57. The molecule has 0 unspecified atom stereocenters. The van der Waals surface area contributed by atoms with Crippen LogP contribution >= 0.6 is 0 Å². The van der Waals surface area contributed by atoms with Crippen LogP contribution in [0.4, 0.5) is 0 Å². The van der Waals surface area contributed by atoms with Crippen molar-refractivity contribution in [2.24, 2.45) is 28.6 Å². The van der Waals surface area contributed by atoms with Crippen LogP contribution in [0.1, 0.15) is 46.0 Å². The summed E-state index contributed by atoms with van der Waals surface area (Å²) in [4.78, 5) is 24.4. The second kappa shape index (κ2) is 4.05. The summed E-state index contributed by atoms with van der Waals surface area (Å²) in [5, 5.41) is 0. The smallest absolute Gasteiger partial charge is 0.178 e. The fourth-order valence-corrected chi connectivity index (χ4v) is 6.58. The highest BCUT2D eigenvalue weighted by Crippen LogP contribution is 2.68.